The van der Waals surface area contributed by atoms with Crippen molar-refractivity contribution in [3.63, 3.8) is 0 Å². The maximum Gasteiger partial charge on any atom is 0.158 e. The highest BCUT2D eigenvalue weighted by molar-refractivity contribution is 5.00. The summed E-state index contributed by atoms with van der Waals surface area (Å²) in [5.41, 5.74) is 1.21. The van der Waals surface area contributed by atoms with E-state index in [9.17, 15) is 0 Å². The van der Waals surface area contributed by atoms with Crippen molar-refractivity contribution in [1.82, 2.24) is 0 Å². The lowest BCUT2D eigenvalue weighted by molar-refractivity contribution is -0.0934. The predicted octanol–water partition coefficient (Wildman–Crippen LogP) is 0.671. The van der Waals surface area contributed by atoms with Crippen molar-refractivity contribution in [2.75, 3.05) is 6.61 Å². The molecule has 0 radical (unpaired) electrons. The summed E-state index contributed by atoms with van der Waals surface area (Å²) < 4.78 is 4.83. The van der Waals surface area contributed by atoms with Gasteiger partial charge in [-0.3, -0.25) is 0 Å². The van der Waals surface area contributed by atoms with Gasteiger partial charge in [0.15, 0.2) is 6.29 Å². The third-order valence-electron chi connectivity index (χ3n) is 1.22. The van der Waals surface area contributed by atoms with Gasteiger partial charge in [0.1, 0.15) is 0 Å². The minimum absolute atomic E-state index is 0.556. The van der Waals surface area contributed by atoms with Crippen molar-refractivity contribution in [3.8, 4) is 0 Å². The van der Waals surface area contributed by atoms with Crippen LogP contribution in [0.2, 0.25) is 0 Å². The molecule has 0 bridgehead atoms. The van der Waals surface area contributed by atoms with Gasteiger partial charge in [-0.2, -0.15) is 0 Å². The van der Waals surface area contributed by atoms with E-state index in [0.29, 0.717) is 13.0 Å². The number of aliphatic hydroxyl groups is 1. The second-order valence-electron chi connectivity index (χ2n) is 2.04. The zero-order chi connectivity index (χ0) is 5.98. The van der Waals surface area contributed by atoms with Crippen molar-refractivity contribution in [2.45, 2.75) is 19.6 Å². The molecule has 0 aromatic rings. The molecule has 1 rings (SSSR count). The Labute approximate surface area is 48.8 Å². The van der Waals surface area contributed by atoms with Gasteiger partial charge in [-0.15, -0.1) is 0 Å². The zero-order valence-corrected chi connectivity index (χ0v) is 4.92. The van der Waals surface area contributed by atoms with E-state index in [0.717, 1.165) is 0 Å². The van der Waals surface area contributed by atoms with E-state index < -0.39 is 6.29 Å². The number of hydrogen-bond donors (Lipinski definition) is 1. The van der Waals surface area contributed by atoms with E-state index in [1.807, 2.05) is 13.0 Å². The van der Waals surface area contributed by atoms with Crippen LogP contribution in [-0.4, -0.2) is 18.0 Å². The van der Waals surface area contributed by atoms with Crippen LogP contribution in [0.25, 0.3) is 0 Å². The number of aliphatic hydroxyl groups excluding tert-OH is 1. The number of hydrogen-bond acceptors (Lipinski definition) is 2. The average Bonchev–Trinajstić information content (AvgIpc) is 1.64. The minimum atomic E-state index is -0.556. The summed E-state index contributed by atoms with van der Waals surface area (Å²) in [5.74, 6) is 0. The fraction of sp³-hybridized carbons (Fsp3) is 0.667. The molecule has 46 valence electrons. The molecule has 0 amide bonds. The molecule has 0 aromatic heterocycles. The third-order valence-corrected chi connectivity index (χ3v) is 1.22. The van der Waals surface area contributed by atoms with Crippen LogP contribution in [0.4, 0.5) is 0 Å². The van der Waals surface area contributed by atoms with Gasteiger partial charge < -0.3 is 9.84 Å². The molecule has 1 atom stereocenters. The monoisotopic (exact) mass is 114 g/mol. The molecule has 0 fully saturated rings. The van der Waals surface area contributed by atoms with E-state index in [1.165, 1.54) is 5.57 Å². The Hall–Kier alpha value is -0.340. The third kappa shape index (κ3) is 1.32. The summed E-state index contributed by atoms with van der Waals surface area (Å²) in [6, 6.07) is 0. The number of ether oxygens (including phenoxy) is 1. The molecule has 0 spiro atoms. The van der Waals surface area contributed by atoms with Crippen molar-refractivity contribution in [2.24, 2.45) is 0 Å². The molecular formula is C6H10O2. The smallest absolute Gasteiger partial charge is 0.158 e. The average molecular weight is 114 g/mol. The first-order valence-electron chi connectivity index (χ1n) is 2.74. The fourth-order valence-electron chi connectivity index (χ4n) is 0.719. The van der Waals surface area contributed by atoms with Crippen molar-refractivity contribution in [1.29, 1.82) is 0 Å². The fourth-order valence-corrected chi connectivity index (χ4v) is 0.719. The Kier molecular flexibility index (Phi) is 1.65. The Morgan fingerprint density at radius 1 is 1.88 bits per heavy atom. The Bertz CT molecular complexity index is 107. The van der Waals surface area contributed by atoms with Crippen LogP contribution in [0.5, 0.6) is 0 Å². The summed E-state index contributed by atoms with van der Waals surface area (Å²) in [4.78, 5) is 0. The topological polar surface area (TPSA) is 29.5 Å². The molecule has 0 saturated carbocycles. The molecule has 1 aliphatic heterocycles. The van der Waals surface area contributed by atoms with E-state index in [-0.39, 0.29) is 0 Å². The summed E-state index contributed by atoms with van der Waals surface area (Å²) in [6.07, 6.45) is 2.09. The van der Waals surface area contributed by atoms with Crippen molar-refractivity contribution >= 4 is 0 Å². The Balaban J connectivity index is 2.45. The van der Waals surface area contributed by atoms with Crippen LogP contribution < -0.4 is 0 Å². The van der Waals surface area contributed by atoms with E-state index in [2.05, 4.69) is 0 Å². The molecule has 2 heteroatoms. The summed E-state index contributed by atoms with van der Waals surface area (Å²) in [5, 5.41) is 8.82. The Morgan fingerprint density at radius 3 is 3.00 bits per heavy atom. The van der Waals surface area contributed by atoms with Crippen LogP contribution in [0.3, 0.4) is 0 Å². The SMILES string of the molecule is CC1=CCOC(O)C1. The number of rotatable bonds is 0. The molecule has 0 aromatic carbocycles. The molecule has 0 saturated heterocycles. The lowest BCUT2D eigenvalue weighted by atomic mass is 10.2. The molecule has 1 N–H and O–H groups in total. The molecule has 1 aliphatic rings. The normalized spacial score (nSPS) is 29.8. The van der Waals surface area contributed by atoms with E-state index in [1.54, 1.807) is 0 Å². The molecule has 0 aliphatic carbocycles. The van der Waals surface area contributed by atoms with E-state index >= 15 is 0 Å². The van der Waals surface area contributed by atoms with Gasteiger partial charge in [0.25, 0.3) is 0 Å². The summed E-state index contributed by atoms with van der Waals surface area (Å²) >= 11 is 0. The first kappa shape index (κ1) is 5.79. The summed E-state index contributed by atoms with van der Waals surface area (Å²) in [6.45, 7) is 2.55. The Morgan fingerprint density at radius 2 is 2.62 bits per heavy atom. The zero-order valence-electron chi connectivity index (χ0n) is 4.92. The predicted molar refractivity (Wildman–Crippen MR) is 30.3 cm³/mol. The van der Waals surface area contributed by atoms with Crippen molar-refractivity contribution in [3.05, 3.63) is 11.6 Å². The largest absolute Gasteiger partial charge is 0.368 e. The molecule has 1 unspecified atom stereocenters. The maximum atomic E-state index is 8.82. The first-order chi connectivity index (χ1) is 3.79. The highest BCUT2D eigenvalue weighted by Gasteiger charge is 2.07. The van der Waals surface area contributed by atoms with Gasteiger partial charge in [0.2, 0.25) is 0 Å². The van der Waals surface area contributed by atoms with Gasteiger partial charge >= 0.3 is 0 Å². The van der Waals surface area contributed by atoms with Crippen LogP contribution in [0, 0.1) is 0 Å². The van der Waals surface area contributed by atoms with Crippen LogP contribution in [0.15, 0.2) is 11.6 Å². The van der Waals surface area contributed by atoms with Crippen molar-refractivity contribution < 1.29 is 9.84 Å². The van der Waals surface area contributed by atoms with Gasteiger partial charge in [-0.25, -0.2) is 0 Å². The molecule has 1 heterocycles. The molecular weight excluding hydrogens is 104 g/mol. The molecule has 8 heavy (non-hydrogen) atoms. The van der Waals surface area contributed by atoms with Gasteiger partial charge in [0, 0.05) is 6.42 Å². The lowest BCUT2D eigenvalue weighted by Crippen LogP contribution is -2.16. The van der Waals surface area contributed by atoms with Gasteiger partial charge in [0.05, 0.1) is 6.61 Å². The second-order valence-corrected chi connectivity index (χ2v) is 2.04. The quantitative estimate of drug-likeness (QED) is 0.469. The van der Waals surface area contributed by atoms with Gasteiger partial charge in [-0.1, -0.05) is 11.6 Å². The van der Waals surface area contributed by atoms with Crippen LogP contribution in [-0.2, 0) is 4.74 Å². The second kappa shape index (κ2) is 2.29. The van der Waals surface area contributed by atoms with E-state index in [4.69, 9.17) is 9.84 Å². The standard InChI is InChI=1S/C6H10O2/c1-5-2-3-8-6(7)4-5/h2,6-7H,3-4H2,1H3. The molecule has 2 nitrogen and oxygen atoms in total. The maximum absolute atomic E-state index is 8.82. The highest BCUT2D eigenvalue weighted by Crippen LogP contribution is 2.10. The van der Waals surface area contributed by atoms with Crippen LogP contribution in [0.1, 0.15) is 13.3 Å². The highest BCUT2D eigenvalue weighted by atomic mass is 16.6. The lowest BCUT2D eigenvalue weighted by Gasteiger charge is -2.15. The first-order valence-corrected chi connectivity index (χ1v) is 2.74. The minimum Gasteiger partial charge on any atom is -0.368 e. The van der Waals surface area contributed by atoms with Gasteiger partial charge in [-0.05, 0) is 6.92 Å². The summed E-state index contributed by atoms with van der Waals surface area (Å²) in [7, 11) is 0. The van der Waals surface area contributed by atoms with Crippen LogP contribution >= 0.6 is 0 Å².